The Balaban J connectivity index is 1.65. The maximum Gasteiger partial charge on any atom is 0.248 e. The lowest BCUT2D eigenvalue weighted by Crippen LogP contribution is -2.47. The Morgan fingerprint density at radius 2 is 2.09 bits per heavy atom. The molecule has 9 heteroatoms. The van der Waals surface area contributed by atoms with E-state index in [9.17, 15) is 18.8 Å². The molecule has 0 saturated carbocycles. The number of carbonyl (C=O) groups excluding carboxylic acids is 3. The summed E-state index contributed by atoms with van der Waals surface area (Å²) in [6.07, 6.45) is 5.13. The number of nitrogens with one attached hydrogen (secondary N) is 1. The van der Waals surface area contributed by atoms with Crippen molar-refractivity contribution in [3.8, 4) is 0 Å². The summed E-state index contributed by atoms with van der Waals surface area (Å²) in [6.45, 7) is 2.82. The number of likely N-dealkylation sites (tertiary alicyclic amines) is 1. The Morgan fingerprint density at radius 3 is 2.76 bits per heavy atom. The molecule has 0 unspecified atom stereocenters. The van der Waals surface area contributed by atoms with E-state index in [1.165, 1.54) is 17.2 Å². The second-order valence-corrected chi connectivity index (χ2v) is 8.34. The van der Waals surface area contributed by atoms with Crippen molar-refractivity contribution in [2.75, 3.05) is 18.4 Å². The fraction of sp³-hybridized carbons (Fsp3) is 0.440. The summed E-state index contributed by atoms with van der Waals surface area (Å²) in [7, 11) is 0. The van der Waals surface area contributed by atoms with Crippen LogP contribution in [-0.2, 0) is 25.8 Å². The Bertz CT molecular complexity index is 942. The highest BCUT2D eigenvalue weighted by Gasteiger charge is 2.37. The zero-order valence-electron chi connectivity index (χ0n) is 19.4. The van der Waals surface area contributed by atoms with Gasteiger partial charge in [-0.1, -0.05) is 50.1 Å². The predicted molar refractivity (Wildman–Crippen MR) is 125 cm³/mol. The third-order valence-corrected chi connectivity index (χ3v) is 5.83. The van der Waals surface area contributed by atoms with Crippen LogP contribution in [0.3, 0.4) is 0 Å². The second-order valence-electron chi connectivity index (χ2n) is 8.34. The van der Waals surface area contributed by atoms with E-state index in [1.54, 1.807) is 4.90 Å². The highest BCUT2D eigenvalue weighted by atomic mass is 19.1. The summed E-state index contributed by atoms with van der Waals surface area (Å²) in [5.74, 6) is -1.28. The summed E-state index contributed by atoms with van der Waals surface area (Å²) in [5, 5.41) is 3.83. The van der Waals surface area contributed by atoms with Crippen LogP contribution >= 0.6 is 0 Å². The minimum Gasteiger partial charge on any atom is -0.330 e. The third-order valence-electron chi connectivity index (χ3n) is 5.83. The van der Waals surface area contributed by atoms with Crippen LogP contribution in [0.5, 0.6) is 0 Å². The van der Waals surface area contributed by atoms with Gasteiger partial charge in [-0.25, -0.2) is 14.4 Å². The minimum atomic E-state index is -0.640. The Kier molecular flexibility index (Phi) is 9.51. The highest BCUT2D eigenvalue weighted by Crippen LogP contribution is 2.24. The van der Waals surface area contributed by atoms with Crippen LogP contribution in [0.25, 0.3) is 0 Å². The van der Waals surface area contributed by atoms with E-state index in [1.807, 2.05) is 37.3 Å². The largest absolute Gasteiger partial charge is 0.330 e. The van der Waals surface area contributed by atoms with Crippen LogP contribution in [0.1, 0.15) is 44.6 Å². The van der Waals surface area contributed by atoms with Crippen molar-refractivity contribution in [1.82, 2.24) is 14.9 Å². The first-order valence-corrected chi connectivity index (χ1v) is 11.6. The Hall–Kier alpha value is -3.33. The van der Waals surface area contributed by atoms with E-state index in [0.29, 0.717) is 32.2 Å². The number of amides is 3. The molecular weight excluding hydrogens is 439 g/mol. The third kappa shape index (κ3) is 7.08. The maximum atomic E-state index is 13.5. The number of hydrogen-bond acceptors (Lipinski definition) is 5. The van der Waals surface area contributed by atoms with Crippen LogP contribution < -0.4 is 5.32 Å². The molecule has 0 bridgehead atoms. The Labute approximate surface area is 199 Å². The standard InChI is InChI=1S/C25H31FN4O4/c1-2-3-10-20(16-29(18-31)34-17-19-8-5-4-6-9-19)25(33)30-14-7-11-22(30)24(32)28-23-13-12-21(26)15-27-23/h4-6,8-9,12-13,15,18,20,22H,2-3,7,10-11,14,16-17H2,1H3,(H,27,28,32)/t20-,22-/m1/s1. The van der Waals surface area contributed by atoms with Gasteiger partial charge in [0.25, 0.3) is 0 Å². The number of unbranched alkanes of at least 4 members (excludes halogenated alkanes) is 1. The molecule has 0 aliphatic carbocycles. The second kappa shape index (κ2) is 12.8. The van der Waals surface area contributed by atoms with Crippen LogP contribution in [0, 0.1) is 11.7 Å². The molecule has 1 aromatic carbocycles. The van der Waals surface area contributed by atoms with Gasteiger partial charge >= 0.3 is 0 Å². The zero-order chi connectivity index (χ0) is 24.3. The van der Waals surface area contributed by atoms with Crippen molar-refractivity contribution < 1.29 is 23.6 Å². The zero-order valence-corrected chi connectivity index (χ0v) is 19.4. The summed E-state index contributed by atoms with van der Waals surface area (Å²) < 4.78 is 13.1. The van der Waals surface area contributed by atoms with Gasteiger partial charge in [0.05, 0.1) is 18.7 Å². The monoisotopic (exact) mass is 470 g/mol. The van der Waals surface area contributed by atoms with Gasteiger partial charge in [0, 0.05) is 6.54 Å². The number of anilines is 1. The summed E-state index contributed by atoms with van der Waals surface area (Å²) in [6, 6.07) is 11.4. The fourth-order valence-corrected chi connectivity index (χ4v) is 4.02. The number of benzene rings is 1. The van der Waals surface area contributed by atoms with E-state index in [4.69, 9.17) is 4.84 Å². The number of nitrogens with zero attached hydrogens (tertiary/aromatic N) is 3. The van der Waals surface area contributed by atoms with Crippen LogP contribution in [0.2, 0.25) is 0 Å². The lowest BCUT2D eigenvalue weighted by Gasteiger charge is -2.30. The first-order valence-electron chi connectivity index (χ1n) is 11.6. The van der Waals surface area contributed by atoms with E-state index in [0.717, 1.165) is 24.6 Å². The number of carbonyl (C=O) groups is 3. The van der Waals surface area contributed by atoms with Gasteiger partial charge in [0.15, 0.2) is 0 Å². The van der Waals surface area contributed by atoms with Crippen molar-refractivity contribution in [3.05, 3.63) is 60.0 Å². The lowest BCUT2D eigenvalue weighted by atomic mass is 9.99. The molecule has 3 amide bonds. The normalized spacial score (nSPS) is 16.2. The number of halogens is 1. The van der Waals surface area contributed by atoms with Gasteiger partial charge in [0.2, 0.25) is 18.2 Å². The summed E-state index contributed by atoms with van der Waals surface area (Å²) in [4.78, 5) is 49.1. The lowest BCUT2D eigenvalue weighted by molar-refractivity contribution is -0.183. The summed E-state index contributed by atoms with van der Waals surface area (Å²) in [5.41, 5.74) is 0.913. The fourth-order valence-electron chi connectivity index (χ4n) is 4.02. The molecular formula is C25H31FN4O4. The van der Waals surface area contributed by atoms with Crippen molar-refractivity contribution >= 4 is 24.0 Å². The van der Waals surface area contributed by atoms with E-state index >= 15 is 0 Å². The number of hydrogen-bond donors (Lipinski definition) is 1. The van der Waals surface area contributed by atoms with Gasteiger partial charge in [-0.05, 0) is 37.0 Å². The molecule has 2 aromatic rings. The van der Waals surface area contributed by atoms with Gasteiger partial charge in [-0.2, -0.15) is 0 Å². The number of pyridine rings is 1. The minimum absolute atomic E-state index is 0.111. The van der Waals surface area contributed by atoms with Crippen molar-refractivity contribution in [2.45, 2.75) is 51.7 Å². The quantitative estimate of drug-likeness (QED) is 0.378. The van der Waals surface area contributed by atoms with E-state index in [2.05, 4.69) is 10.3 Å². The van der Waals surface area contributed by atoms with E-state index in [-0.39, 0.29) is 30.8 Å². The van der Waals surface area contributed by atoms with Crippen molar-refractivity contribution in [3.63, 3.8) is 0 Å². The summed E-state index contributed by atoms with van der Waals surface area (Å²) >= 11 is 0. The molecule has 1 aliphatic rings. The van der Waals surface area contributed by atoms with Gasteiger partial charge < -0.3 is 10.2 Å². The highest BCUT2D eigenvalue weighted by molar-refractivity contribution is 5.97. The molecule has 182 valence electrons. The average molecular weight is 471 g/mol. The first-order chi connectivity index (χ1) is 16.5. The van der Waals surface area contributed by atoms with Crippen LogP contribution in [-0.4, -0.2) is 52.3 Å². The van der Waals surface area contributed by atoms with E-state index < -0.39 is 17.8 Å². The molecule has 1 aromatic heterocycles. The smallest absolute Gasteiger partial charge is 0.248 e. The molecule has 1 aliphatic heterocycles. The molecule has 2 atom stereocenters. The molecule has 1 N–H and O–H groups in total. The number of rotatable bonds is 12. The predicted octanol–water partition coefficient (Wildman–Crippen LogP) is 3.55. The maximum absolute atomic E-state index is 13.5. The topological polar surface area (TPSA) is 91.8 Å². The van der Waals surface area contributed by atoms with Crippen molar-refractivity contribution in [1.29, 1.82) is 0 Å². The average Bonchev–Trinajstić information content (AvgIpc) is 3.35. The molecule has 1 saturated heterocycles. The first kappa shape index (κ1) is 25.3. The SMILES string of the molecule is CCCC[C@H](CN(C=O)OCc1ccccc1)C(=O)N1CCC[C@@H]1C(=O)Nc1ccc(F)cn1. The van der Waals surface area contributed by atoms with Gasteiger partial charge in [0.1, 0.15) is 24.3 Å². The molecule has 0 radical (unpaired) electrons. The molecule has 8 nitrogen and oxygen atoms in total. The van der Waals surface area contributed by atoms with Crippen LogP contribution in [0.4, 0.5) is 10.2 Å². The van der Waals surface area contributed by atoms with Gasteiger partial charge in [-0.15, -0.1) is 0 Å². The molecule has 0 spiro atoms. The molecule has 2 heterocycles. The number of hydroxylamine groups is 2. The van der Waals surface area contributed by atoms with Crippen molar-refractivity contribution in [2.24, 2.45) is 5.92 Å². The molecule has 34 heavy (non-hydrogen) atoms. The van der Waals surface area contributed by atoms with Crippen LogP contribution in [0.15, 0.2) is 48.7 Å². The number of aromatic nitrogens is 1. The molecule has 3 rings (SSSR count). The van der Waals surface area contributed by atoms with Gasteiger partial charge in [-0.3, -0.25) is 19.2 Å². The Morgan fingerprint density at radius 1 is 1.29 bits per heavy atom. The molecule has 1 fully saturated rings.